The van der Waals surface area contributed by atoms with E-state index in [1.807, 2.05) is 48.5 Å². The monoisotopic (exact) mass is 265 g/mol. The van der Waals surface area contributed by atoms with Gasteiger partial charge in [0.1, 0.15) is 5.75 Å². The first kappa shape index (κ1) is 12.2. The molecule has 1 heterocycles. The molecule has 1 aromatic heterocycles. The molecule has 98 valence electrons. The number of para-hydroxylation sites is 1. The molecule has 0 saturated heterocycles. The standard InChI is InChI=1S/C16H11NO3/c18-15-11-14(12-7-3-1-4-8-12)17-16(20-15)19-13-9-5-2-6-10-13/h1-11H. The predicted molar refractivity (Wildman–Crippen MR) is 74.7 cm³/mol. The van der Waals surface area contributed by atoms with Crippen LogP contribution in [0.1, 0.15) is 0 Å². The molecular weight excluding hydrogens is 254 g/mol. The zero-order valence-electron chi connectivity index (χ0n) is 10.5. The fraction of sp³-hybridized carbons (Fsp3) is 0. The van der Waals surface area contributed by atoms with Gasteiger partial charge >= 0.3 is 11.7 Å². The second-order valence-electron chi connectivity index (χ2n) is 4.11. The summed E-state index contributed by atoms with van der Waals surface area (Å²) < 4.78 is 10.4. The van der Waals surface area contributed by atoms with Gasteiger partial charge in [-0.2, -0.15) is 4.98 Å². The number of hydrogen-bond donors (Lipinski definition) is 0. The summed E-state index contributed by atoms with van der Waals surface area (Å²) in [5.74, 6) is 0.563. The minimum absolute atomic E-state index is 0.0671. The van der Waals surface area contributed by atoms with Crippen molar-refractivity contribution in [3.05, 3.63) is 77.2 Å². The molecule has 0 fully saturated rings. The maximum atomic E-state index is 11.6. The second kappa shape index (κ2) is 5.40. The van der Waals surface area contributed by atoms with Gasteiger partial charge in [0.05, 0.1) is 11.8 Å². The zero-order chi connectivity index (χ0) is 13.8. The van der Waals surface area contributed by atoms with Gasteiger partial charge in [-0.3, -0.25) is 0 Å². The number of rotatable bonds is 3. The van der Waals surface area contributed by atoms with E-state index in [1.54, 1.807) is 12.1 Å². The van der Waals surface area contributed by atoms with Crippen LogP contribution in [-0.2, 0) is 0 Å². The summed E-state index contributed by atoms with van der Waals surface area (Å²) >= 11 is 0. The molecule has 0 aliphatic heterocycles. The lowest BCUT2D eigenvalue weighted by Gasteiger charge is -2.04. The van der Waals surface area contributed by atoms with Gasteiger partial charge in [0, 0.05) is 5.56 Å². The van der Waals surface area contributed by atoms with Crippen molar-refractivity contribution in [2.75, 3.05) is 0 Å². The van der Waals surface area contributed by atoms with Crippen LogP contribution in [0, 0.1) is 0 Å². The third-order valence-corrected chi connectivity index (χ3v) is 2.67. The largest absolute Gasteiger partial charge is 0.411 e. The van der Waals surface area contributed by atoms with Crippen LogP contribution in [0.4, 0.5) is 0 Å². The van der Waals surface area contributed by atoms with Crippen molar-refractivity contribution < 1.29 is 9.15 Å². The number of aromatic nitrogens is 1. The molecule has 20 heavy (non-hydrogen) atoms. The molecular formula is C16H11NO3. The Morgan fingerprint density at radius 1 is 0.900 bits per heavy atom. The molecule has 0 saturated carbocycles. The lowest BCUT2D eigenvalue weighted by molar-refractivity contribution is 0.302. The van der Waals surface area contributed by atoms with E-state index < -0.39 is 5.63 Å². The highest BCUT2D eigenvalue weighted by atomic mass is 16.6. The van der Waals surface area contributed by atoms with Gasteiger partial charge in [-0.15, -0.1) is 0 Å². The molecule has 0 unspecified atom stereocenters. The summed E-state index contributed by atoms with van der Waals surface area (Å²) in [7, 11) is 0. The maximum Gasteiger partial charge on any atom is 0.402 e. The van der Waals surface area contributed by atoms with Crippen LogP contribution in [0.25, 0.3) is 11.3 Å². The number of benzene rings is 2. The summed E-state index contributed by atoms with van der Waals surface area (Å²) in [4.78, 5) is 15.8. The summed E-state index contributed by atoms with van der Waals surface area (Å²) in [5.41, 5.74) is 0.857. The van der Waals surface area contributed by atoms with Crippen LogP contribution in [0.15, 0.2) is 75.9 Å². The Hall–Kier alpha value is -2.88. The smallest absolute Gasteiger partial charge is 0.402 e. The van der Waals surface area contributed by atoms with Crippen molar-refractivity contribution in [1.29, 1.82) is 0 Å². The van der Waals surface area contributed by atoms with Gasteiger partial charge in [-0.05, 0) is 12.1 Å². The van der Waals surface area contributed by atoms with Crippen LogP contribution in [0.2, 0.25) is 0 Å². The lowest BCUT2D eigenvalue weighted by Crippen LogP contribution is -2.02. The highest BCUT2D eigenvalue weighted by Crippen LogP contribution is 2.21. The topological polar surface area (TPSA) is 52.3 Å². The Balaban J connectivity index is 1.97. The van der Waals surface area contributed by atoms with Crippen LogP contribution >= 0.6 is 0 Å². The summed E-state index contributed by atoms with van der Waals surface area (Å²) in [6, 6.07) is 19.8. The van der Waals surface area contributed by atoms with Gasteiger partial charge in [0.25, 0.3) is 0 Å². The Bertz CT molecular complexity index is 751. The lowest BCUT2D eigenvalue weighted by atomic mass is 10.1. The molecule has 0 N–H and O–H groups in total. The van der Waals surface area contributed by atoms with Crippen LogP contribution in [-0.4, -0.2) is 4.98 Å². The molecule has 0 bridgehead atoms. The molecule has 2 aromatic carbocycles. The normalized spacial score (nSPS) is 10.2. The van der Waals surface area contributed by atoms with Crippen molar-refractivity contribution >= 4 is 0 Å². The minimum atomic E-state index is -0.496. The Kier molecular flexibility index (Phi) is 3.29. The molecule has 0 amide bonds. The molecule has 0 radical (unpaired) electrons. The van der Waals surface area contributed by atoms with E-state index in [1.165, 1.54) is 6.07 Å². The van der Waals surface area contributed by atoms with Crippen molar-refractivity contribution in [1.82, 2.24) is 4.98 Å². The van der Waals surface area contributed by atoms with Crippen LogP contribution < -0.4 is 10.4 Å². The van der Waals surface area contributed by atoms with Gasteiger partial charge < -0.3 is 9.15 Å². The minimum Gasteiger partial charge on any atom is -0.411 e. The van der Waals surface area contributed by atoms with Crippen molar-refractivity contribution in [3.63, 3.8) is 0 Å². The summed E-state index contributed by atoms with van der Waals surface area (Å²) in [6.45, 7) is 0. The molecule has 3 aromatic rings. The van der Waals surface area contributed by atoms with Crippen molar-refractivity contribution in [2.24, 2.45) is 0 Å². The molecule has 0 atom stereocenters. The molecule has 4 heteroatoms. The Labute approximate surface area is 115 Å². The fourth-order valence-electron chi connectivity index (χ4n) is 1.77. The van der Waals surface area contributed by atoms with E-state index in [0.29, 0.717) is 11.4 Å². The van der Waals surface area contributed by atoms with Crippen molar-refractivity contribution in [2.45, 2.75) is 0 Å². The highest BCUT2D eigenvalue weighted by molar-refractivity contribution is 5.58. The average Bonchev–Trinajstić information content (AvgIpc) is 2.49. The molecule has 4 nitrogen and oxygen atoms in total. The summed E-state index contributed by atoms with van der Waals surface area (Å²) in [5, 5.41) is 0. The summed E-state index contributed by atoms with van der Waals surface area (Å²) in [6.07, 6.45) is -0.0671. The molecule has 3 rings (SSSR count). The molecule has 0 aliphatic carbocycles. The third kappa shape index (κ3) is 2.75. The van der Waals surface area contributed by atoms with E-state index in [-0.39, 0.29) is 6.08 Å². The first-order valence-corrected chi connectivity index (χ1v) is 6.12. The quantitative estimate of drug-likeness (QED) is 0.727. The van der Waals surface area contributed by atoms with Crippen LogP contribution in [0.5, 0.6) is 11.8 Å². The highest BCUT2D eigenvalue weighted by Gasteiger charge is 2.07. The Morgan fingerprint density at radius 3 is 2.25 bits per heavy atom. The number of hydrogen-bond acceptors (Lipinski definition) is 4. The van der Waals surface area contributed by atoms with Gasteiger partial charge in [-0.1, -0.05) is 48.5 Å². The zero-order valence-corrected chi connectivity index (χ0v) is 10.5. The fourth-order valence-corrected chi connectivity index (χ4v) is 1.77. The van der Waals surface area contributed by atoms with Gasteiger partial charge in [0.15, 0.2) is 0 Å². The van der Waals surface area contributed by atoms with Crippen molar-refractivity contribution in [3.8, 4) is 23.1 Å². The van der Waals surface area contributed by atoms with Gasteiger partial charge in [-0.25, -0.2) is 4.79 Å². The van der Waals surface area contributed by atoms with Crippen LogP contribution in [0.3, 0.4) is 0 Å². The first-order valence-electron chi connectivity index (χ1n) is 6.12. The van der Waals surface area contributed by atoms with E-state index in [0.717, 1.165) is 5.56 Å². The van der Waals surface area contributed by atoms with Gasteiger partial charge in [0.2, 0.25) is 0 Å². The first-order chi connectivity index (χ1) is 9.81. The van der Waals surface area contributed by atoms with E-state index >= 15 is 0 Å². The van der Waals surface area contributed by atoms with E-state index in [4.69, 9.17) is 9.15 Å². The second-order valence-corrected chi connectivity index (χ2v) is 4.11. The average molecular weight is 265 g/mol. The van der Waals surface area contributed by atoms with E-state index in [2.05, 4.69) is 4.98 Å². The van der Waals surface area contributed by atoms with E-state index in [9.17, 15) is 4.79 Å². The number of nitrogens with zero attached hydrogens (tertiary/aromatic N) is 1. The molecule has 0 aliphatic rings. The number of ether oxygens (including phenoxy) is 1. The Morgan fingerprint density at radius 2 is 1.55 bits per heavy atom. The molecule has 0 spiro atoms. The third-order valence-electron chi connectivity index (χ3n) is 2.67. The predicted octanol–water partition coefficient (Wildman–Crippen LogP) is 3.49. The SMILES string of the molecule is O=c1cc(-c2ccccc2)nc(Oc2ccccc2)o1. The maximum absolute atomic E-state index is 11.6.